The van der Waals surface area contributed by atoms with E-state index in [1.165, 1.54) is 0 Å². The predicted octanol–water partition coefficient (Wildman–Crippen LogP) is 1.77. The van der Waals surface area contributed by atoms with Crippen LogP contribution in [0.4, 0.5) is 0 Å². The van der Waals surface area contributed by atoms with Crippen LogP contribution >= 0.6 is 0 Å². The SMILES string of the molecule is [Au+3].[C-]#N.[CH2-]C.[CH2-]C. The normalized spacial score (nSPS) is 2.00. The smallest absolute Gasteiger partial charge is 0.512 e. The van der Waals surface area contributed by atoms with Gasteiger partial charge >= 0.3 is 22.4 Å². The number of hydrogen-bond acceptors (Lipinski definition) is 1. The maximum atomic E-state index is 6.25. The molecule has 2 heteroatoms. The minimum Gasteiger partial charge on any atom is -0.512 e. The van der Waals surface area contributed by atoms with Crippen LogP contribution in [0.3, 0.4) is 0 Å². The first-order valence-electron chi connectivity index (χ1n) is 1.64. The Bertz CT molecular complexity index is 12.8. The fourth-order valence-corrected chi connectivity index (χ4v) is 0. The van der Waals surface area contributed by atoms with Crippen molar-refractivity contribution in [1.82, 2.24) is 0 Å². The zero-order valence-corrected chi connectivity index (χ0v) is 6.83. The van der Waals surface area contributed by atoms with E-state index in [1.807, 2.05) is 0 Å². The summed E-state index contributed by atoms with van der Waals surface area (Å²) in [4.78, 5) is 0. The molecule has 0 rings (SSSR count). The molecule has 7 heavy (non-hydrogen) atoms. The van der Waals surface area contributed by atoms with Crippen LogP contribution in [0.1, 0.15) is 13.8 Å². The molecule has 0 aromatic carbocycles. The third-order valence-electron chi connectivity index (χ3n) is 0. The molecular weight excluding hydrogens is 271 g/mol. The summed E-state index contributed by atoms with van der Waals surface area (Å²) in [5.74, 6) is 0. The average molecular weight is 281 g/mol. The molecule has 0 amide bonds. The molecule has 0 unspecified atom stereocenters. The number of hydrogen-bond donors (Lipinski definition) is 0. The Balaban J connectivity index is -0.00000000900. The van der Waals surface area contributed by atoms with Gasteiger partial charge in [-0.3, -0.25) is 0 Å². The van der Waals surface area contributed by atoms with Gasteiger partial charge in [0.15, 0.2) is 0 Å². The molecule has 0 N–H and O–H groups in total. The van der Waals surface area contributed by atoms with Gasteiger partial charge in [0, 0.05) is 0 Å². The molecule has 0 aromatic heterocycles. The molecular formula is C5H10AuN. The van der Waals surface area contributed by atoms with Gasteiger partial charge in [-0.25, -0.2) is 0 Å². The largest absolute Gasteiger partial charge is 3.00 e. The van der Waals surface area contributed by atoms with Gasteiger partial charge < -0.3 is 25.7 Å². The Labute approximate surface area is 62.2 Å². The van der Waals surface area contributed by atoms with Crippen molar-refractivity contribution in [3.8, 4) is 0 Å². The average Bonchev–Trinajstić information content (AvgIpc) is 1.81. The fraction of sp³-hybridized carbons (Fsp3) is 0.400. The maximum Gasteiger partial charge on any atom is 3.00 e. The van der Waals surface area contributed by atoms with Gasteiger partial charge in [-0.1, -0.05) is 0 Å². The monoisotopic (exact) mass is 281 g/mol. The molecule has 46 valence electrons. The van der Waals surface area contributed by atoms with Crippen LogP contribution in [-0.4, -0.2) is 0 Å². The summed E-state index contributed by atoms with van der Waals surface area (Å²) in [5, 5.41) is 6.25. The quantitative estimate of drug-likeness (QED) is 0.490. The van der Waals surface area contributed by atoms with Gasteiger partial charge in [-0.05, 0) is 0 Å². The second-order valence-corrected chi connectivity index (χ2v) is 0. The van der Waals surface area contributed by atoms with Crippen molar-refractivity contribution >= 4 is 0 Å². The molecule has 0 saturated carbocycles. The third kappa shape index (κ3) is 2100. The van der Waals surface area contributed by atoms with Crippen molar-refractivity contribution in [2.24, 2.45) is 0 Å². The third-order valence-corrected chi connectivity index (χ3v) is 0. The molecule has 0 spiro atoms. The Kier molecular flexibility index (Phi) is 12400. The molecule has 0 heterocycles. The van der Waals surface area contributed by atoms with Crippen LogP contribution < -0.4 is 0 Å². The summed E-state index contributed by atoms with van der Waals surface area (Å²) >= 11 is 0. The fourth-order valence-electron chi connectivity index (χ4n) is 0. The topological polar surface area (TPSA) is 23.8 Å². The Morgan fingerprint density at radius 3 is 1.00 bits per heavy atom. The van der Waals surface area contributed by atoms with Gasteiger partial charge in [0.05, 0.1) is 0 Å². The molecule has 1 nitrogen and oxygen atoms in total. The van der Waals surface area contributed by atoms with Gasteiger partial charge in [0.1, 0.15) is 0 Å². The second kappa shape index (κ2) is 3210. The zero-order chi connectivity index (χ0) is 6.00. The van der Waals surface area contributed by atoms with E-state index in [0.717, 1.165) is 0 Å². The van der Waals surface area contributed by atoms with Crippen LogP contribution in [0.5, 0.6) is 0 Å². The van der Waals surface area contributed by atoms with E-state index in [1.54, 1.807) is 13.8 Å². The summed E-state index contributed by atoms with van der Waals surface area (Å²) in [6, 6.07) is 0. The first-order valence-corrected chi connectivity index (χ1v) is 1.64. The number of rotatable bonds is 0. The molecule has 0 aromatic rings. The molecule has 0 bridgehead atoms. The second-order valence-electron chi connectivity index (χ2n) is 0. The van der Waals surface area contributed by atoms with E-state index < -0.39 is 0 Å². The summed E-state index contributed by atoms with van der Waals surface area (Å²) < 4.78 is 0. The summed E-state index contributed by atoms with van der Waals surface area (Å²) in [5.41, 5.74) is 0. The van der Waals surface area contributed by atoms with Gasteiger partial charge in [0.2, 0.25) is 0 Å². The van der Waals surface area contributed by atoms with Crippen LogP contribution in [0.2, 0.25) is 0 Å². The summed E-state index contributed by atoms with van der Waals surface area (Å²) in [6.07, 6.45) is 0. The Morgan fingerprint density at radius 1 is 1.00 bits per heavy atom. The van der Waals surface area contributed by atoms with E-state index in [0.29, 0.717) is 0 Å². The van der Waals surface area contributed by atoms with Gasteiger partial charge in [-0.15, -0.1) is 0 Å². The van der Waals surface area contributed by atoms with Crippen LogP contribution in [0.25, 0.3) is 0 Å². The molecule has 0 aliphatic carbocycles. The van der Waals surface area contributed by atoms with E-state index in [9.17, 15) is 0 Å². The maximum absolute atomic E-state index is 6.25. The first kappa shape index (κ1) is 26.9. The van der Waals surface area contributed by atoms with Crippen molar-refractivity contribution in [3.63, 3.8) is 0 Å². The van der Waals surface area contributed by atoms with Crippen LogP contribution in [0.15, 0.2) is 0 Å². The van der Waals surface area contributed by atoms with Crippen molar-refractivity contribution < 1.29 is 22.4 Å². The molecule has 0 atom stereocenters. The Hall–Kier alpha value is 0.230. The van der Waals surface area contributed by atoms with E-state index in [-0.39, 0.29) is 22.4 Å². The minimum atomic E-state index is 0. The standard InChI is InChI=1S/2C2H5.CN.Au/c3*1-2;/h2*1H2,2H3;;/q3*-1;+3. The van der Waals surface area contributed by atoms with Crippen molar-refractivity contribution in [2.45, 2.75) is 13.8 Å². The van der Waals surface area contributed by atoms with Crippen LogP contribution in [-0.2, 0) is 22.4 Å². The molecule has 0 aliphatic rings. The van der Waals surface area contributed by atoms with E-state index in [2.05, 4.69) is 13.8 Å². The van der Waals surface area contributed by atoms with E-state index >= 15 is 0 Å². The van der Waals surface area contributed by atoms with Gasteiger partial charge in [0.25, 0.3) is 0 Å². The zero-order valence-electron chi connectivity index (χ0n) is 4.66. The minimum absolute atomic E-state index is 0. The predicted molar refractivity (Wildman–Crippen MR) is 27.0 cm³/mol. The molecule has 0 radical (unpaired) electrons. The van der Waals surface area contributed by atoms with Crippen LogP contribution in [0, 0.1) is 25.7 Å². The Morgan fingerprint density at radius 2 is 1.00 bits per heavy atom. The van der Waals surface area contributed by atoms with E-state index in [4.69, 9.17) is 11.8 Å². The van der Waals surface area contributed by atoms with Crippen molar-refractivity contribution in [2.75, 3.05) is 0 Å². The van der Waals surface area contributed by atoms with Gasteiger partial charge in [-0.2, -0.15) is 13.8 Å². The molecule has 0 fully saturated rings. The first-order chi connectivity index (χ1) is 3.00. The summed E-state index contributed by atoms with van der Waals surface area (Å²) in [6.45, 7) is 14.8. The van der Waals surface area contributed by atoms with Crippen molar-refractivity contribution in [1.29, 1.82) is 5.26 Å². The van der Waals surface area contributed by atoms with Crippen molar-refractivity contribution in [3.05, 3.63) is 20.4 Å². The molecule has 0 aliphatic heterocycles. The molecule has 0 saturated heterocycles. The summed E-state index contributed by atoms with van der Waals surface area (Å²) in [7, 11) is 0. The number of nitrogens with zero attached hydrogens (tertiary/aromatic N) is 1.